The maximum absolute atomic E-state index is 9.89. The summed E-state index contributed by atoms with van der Waals surface area (Å²) in [5.74, 6) is 0. The van der Waals surface area contributed by atoms with Crippen LogP contribution in [-0.4, -0.2) is 6.29 Å². The van der Waals surface area contributed by atoms with Gasteiger partial charge < -0.3 is 0 Å². The van der Waals surface area contributed by atoms with Crippen LogP contribution in [-0.2, 0) is 4.79 Å². The molecule has 2 aromatic carbocycles. The molecule has 0 aliphatic rings. The van der Waals surface area contributed by atoms with Crippen molar-refractivity contribution in [2.24, 2.45) is 0 Å². The van der Waals surface area contributed by atoms with Crippen LogP contribution in [0.3, 0.4) is 0 Å². The third-order valence-corrected chi connectivity index (χ3v) is 3.07. The average molecular weight is 427 g/mol. The molecule has 0 unspecified atom stereocenters. The molecule has 2 aromatic rings. The van der Waals surface area contributed by atoms with Crippen LogP contribution in [0.15, 0.2) is 148 Å². The van der Waals surface area contributed by atoms with Crippen molar-refractivity contribution in [3.63, 3.8) is 0 Å². The summed E-state index contributed by atoms with van der Waals surface area (Å²) in [6, 6.07) is 19.7. The third kappa shape index (κ3) is 30.7. The van der Waals surface area contributed by atoms with Crippen molar-refractivity contribution in [2.75, 3.05) is 0 Å². The molecule has 0 aliphatic heterocycles. The summed E-state index contributed by atoms with van der Waals surface area (Å²) < 4.78 is 0. The molecule has 2 rings (SSSR count). The first-order chi connectivity index (χ1) is 15.3. The summed E-state index contributed by atoms with van der Waals surface area (Å²) in [6.07, 6.45) is 12.6. The lowest BCUT2D eigenvalue weighted by atomic mass is 10.2. The van der Waals surface area contributed by atoms with Crippen molar-refractivity contribution in [1.29, 1.82) is 0 Å². The van der Waals surface area contributed by atoms with Gasteiger partial charge in [-0.1, -0.05) is 154 Å². The molecule has 0 saturated carbocycles. The van der Waals surface area contributed by atoms with E-state index in [0.717, 1.165) is 23.0 Å². The molecule has 1 heteroatoms. The van der Waals surface area contributed by atoms with Gasteiger partial charge in [-0.3, -0.25) is 4.79 Å². The topological polar surface area (TPSA) is 17.1 Å². The molecule has 0 spiro atoms. The van der Waals surface area contributed by atoms with E-state index in [9.17, 15) is 4.79 Å². The van der Waals surface area contributed by atoms with Crippen LogP contribution in [0.4, 0.5) is 0 Å². The molecule has 0 aliphatic carbocycles. The van der Waals surface area contributed by atoms with E-state index in [1.807, 2.05) is 80.6 Å². The highest BCUT2D eigenvalue weighted by Gasteiger charge is 1.79. The minimum Gasteiger partial charge on any atom is -0.299 e. The summed E-state index contributed by atoms with van der Waals surface area (Å²) in [6.45, 7) is 28.2. The van der Waals surface area contributed by atoms with Crippen molar-refractivity contribution in [2.45, 2.75) is 13.8 Å². The molecule has 168 valence electrons. The van der Waals surface area contributed by atoms with E-state index in [1.165, 1.54) is 11.6 Å². The minimum absolute atomic E-state index is 0.771. The van der Waals surface area contributed by atoms with Crippen molar-refractivity contribution in [3.05, 3.63) is 159 Å². The second-order valence-electron chi connectivity index (χ2n) is 6.09. The standard InChI is InChI=1S/C9H8O.C8H8.2C5H8.C4H6/c10-8-4-7-9-5-2-1-3-6-9;1-2-8-6-4-3-5-7-8;2*1-4-5(2)3;1-3-4-2/h1-8H;2-7H,1H2;2*4H,1-2H2,3H3;3-4H,1-2H2. The maximum atomic E-state index is 9.89. The highest BCUT2D eigenvalue weighted by atomic mass is 16.1. The number of rotatable bonds is 6. The van der Waals surface area contributed by atoms with Crippen molar-refractivity contribution in [3.8, 4) is 0 Å². The summed E-state index contributed by atoms with van der Waals surface area (Å²) in [5, 5.41) is 0. The summed E-state index contributed by atoms with van der Waals surface area (Å²) in [7, 11) is 0. The first-order valence-corrected chi connectivity index (χ1v) is 9.96. The number of allylic oxidation sites excluding steroid dienone is 7. The van der Waals surface area contributed by atoms with E-state index in [2.05, 4.69) is 46.1 Å². The molecule has 0 fully saturated rings. The van der Waals surface area contributed by atoms with Gasteiger partial charge in [0.25, 0.3) is 0 Å². The number of benzene rings is 2. The van der Waals surface area contributed by atoms with Gasteiger partial charge in [0.05, 0.1) is 0 Å². The lowest BCUT2D eigenvalue weighted by Gasteiger charge is -1.86. The molecule has 0 bridgehead atoms. The van der Waals surface area contributed by atoms with Gasteiger partial charge in [0.2, 0.25) is 0 Å². The molecule has 0 N–H and O–H groups in total. The molecule has 0 aromatic heterocycles. The molecule has 0 heterocycles. The fourth-order valence-corrected chi connectivity index (χ4v) is 1.30. The zero-order valence-electron chi connectivity index (χ0n) is 19.8. The Morgan fingerprint density at radius 1 is 0.656 bits per heavy atom. The Balaban J connectivity index is -0.000000345. The largest absolute Gasteiger partial charge is 0.299 e. The molecule has 0 amide bonds. The zero-order chi connectivity index (χ0) is 25.0. The molecule has 0 saturated heterocycles. The maximum Gasteiger partial charge on any atom is 0.142 e. The second kappa shape index (κ2) is 27.0. The normalized spacial score (nSPS) is 7.94. The van der Waals surface area contributed by atoms with Crippen molar-refractivity contribution >= 4 is 18.4 Å². The number of carbonyl (C=O) groups excluding carboxylic acids is 1. The highest BCUT2D eigenvalue weighted by Crippen LogP contribution is 1.99. The van der Waals surface area contributed by atoms with Crippen LogP contribution in [0.1, 0.15) is 25.0 Å². The number of aldehydes is 1. The SMILES string of the molecule is C=CC(=C)C.C=CC(=C)C.C=CC=C.C=Cc1ccccc1.O=CC=Cc1ccccc1. The van der Waals surface area contributed by atoms with E-state index >= 15 is 0 Å². The molecular weight excluding hydrogens is 388 g/mol. The Morgan fingerprint density at radius 3 is 1.22 bits per heavy atom. The van der Waals surface area contributed by atoms with Gasteiger partial charge in [-0.25, -0.2) is 0 Å². The quantitative estimate of drug-likeness (QED) is 0.256. The van der Waals surface area contributed by atoms with Gasteiger partial charge in [-0.05, 0) is 31.1 Å². The zero-order valence-corrected chi connectivity index (χ0v) is 19.8. The van der Waals surface area contributed by atoms with Crippen LogP contribution in [0.2, 0.25) is 0 Å². The van der Waals surface area contributed by atoms with Gasteiger partial charge in [-0.2, -0.15) is 0 Å². The van der Waals surface area contributed by atoms with Crippen LogP contribution in [0, 0.1) is 0 Å². The van der Waals surface area contributed by atoms with Crippen LogP contribution >= 0.6 is 0 Å². The molecular formula is C31H38O. The molecule has 1 nitrogen and oxygen atoms in total. The van der Waals surface area contributed by atoms with Crippen molar-refractivity contribution in [1.82, 2.24) is 0 Å². The van der Waals surface area contributed by atoms with E-state index in [4.69, 9.17) is 0 Å². The van der Waals surface area contributed by atoms with E-state index < -0.39 is 0 Å². The molecule has 32 heavy (non-hydrogen) atoms. The fraction of sp³-hybridized carbons (Fsp3) is 0.0645. The number of hydrogen-bond donors (Lipinski definition) is 0. The first kappa shape index (κ1) is 32.7. The van der Waals surface area contributed by atoms with Gasteiger partial charge in [0.15, 0.2) is 0 Å². The average Bonchev–Trinajstić information content (AvgIpc) is 2.85. The lowest BCUT2D eigenvalue weighted by Crippen LogP contribution is -1.67. The van der Waals surface area contributed by atoms with E-state index in [0.29, 0.717) is 0 Å². The van der Waals surface area contributed by atoms with Crippen LogP contribution in [0.5, 0.6) is 0 Å². The number of carbonyl (C=O) groups is 1. The molecule has 0 radical (unpaired) electrons. The predicted molar refractivity (Wildman–Crippen MR) is 148 cm³/mol. The Bertz CT molecular complexity index is 797. The Labute approximate surface area is 196 Å². The molecule has 0 atom stereocenters. The second-order valence-corrected chi connectivity index (χ2v) is 6.09. The minimum atomic E-state index is 0.771. The smallest absolute Gasteiger partial charge is 0.142 e. The summed E-state index contributed by atoms with van der Waals surface area (Å²) in [4.78, 5) is 9.89. The third-order valence-electron chi connectivity index (χ3n) is 3.07. The summed E-state index contributed by atoms with van der Waals surface area (Å²) in [5.41, 5.74) is 4.26. The predicted octanol–water partition coefficient (Wildman–Crippen LogP) is 9.08. The van der Waals surface area contributed by atoms with Crippen LogP contribution < -0.4 is 0 Å². The first-order valence-electron chi connectivity index (χ1n) is 9.96. The van der Waals surface area contributed by atoms with Gasteiger partial charge in [0, 0.05) is 0 Å². The lowest BCUT2D eigenvalue weighted by molar-refractivity contribution is -0.104. The Morgan fingerprint density at radius 2 is 1.00 bits per heavy atom. The van der Waals surface area contributed by atoms with E-state index in [1.54, 1.807) is 30.4 Å². The Hall–Kier alpha value is -3.97. The van der Waals surface area contributed by atoms with Gasteiger partial charge in [-0.15, -0.1) is 0 Å². The number of hydrogen-bond acceptors (Lipinski definition) is 1. The van der Waals surface area contributed by atoms with Gasteiger partial charge in [0.1, 0.15) is 6.29 Å². The highest BCUT2D eigenvalue weighted by molar-refractivity contribution is 5.73. The van der Waals surface area contributed by atoms with Crippen molar-refractivity contribution < 1.29 is 4.79 Å². The summed E-state index contributed by atoms with van der Waals surface area (Å²) >= 11 is 0. The Kier molecular flexibility index (Phi) is 27.6. The van der Waals surface area contributed by atoms with E-state index in [-0.39, 0.29) is 0 Å². The van der Waals surface area contributed by atoms with Crippen LogP contribution in [0.25, 0.3) is 12.2 Å². The van der Waals surface area contributed by atoms with Gasteiger partial charge >= 0.3 is 0 Å². The fourth-order valence-electron chi connectivity index (χ4n) is 1.30. The monoisotopic (exact) mass is 426 g/mol.